The number of nitrogens with one attached hydrogen (secondary N) is 1. The lowest BCUT2D eigenvalue weighted by Crippen LogP contribution is -2.15. The van der Waals surface area contributed by atoms with E-state index in [1.165, 1.54) is 10.1 Å². The quantitative estimate of drug-likeness (QED) is 0.810. The second kappa shape index (κ2) is 7.41. The predicted octanol–water partition coefficient (Wildman–Crippen LogP) is 4.00. The van der Waals surface area contributed by atoms with Crippen molar-refractivity contribution in [3.63, 3.8) is 0 Å². The molecule has 1 amide bonds. The molecule has 0 aliphatic heterocycles. The Kier molecular flexibility index (Phi) is 5.56. The fourth-order valence-electron chi connectivity index (χ4n) is 2.39. The Bertz CT molecular complexity index is 564. The lowest BCUT2D eigenvalue weighted by Gasteiger charge is -2.13. The Morgan fingerprint density at radius 3 is 2.95 bits per heavy atom. The monoisotopic (exact) mass is 290 g/mol. The van der Waals surface area contributed by atoms with Gasteiger partial charge in [0, 0.05) is 16.8 Å². The van der Waals surface area contributed by atoms with Gasteiger partial charge in [-0.1, -0.05) is 13.3 Å². The summed E-state index contributed by atoms with van der Waals surface area (Å²) in [7, 11) is 0. The number of benzene rings is 1. The average Bonchev–Trinajstić information content (AvgIpc) is 2.91. The van der Waals surface area contributed by atoms with Crippen LogP contribution in [0.15, 0.2) is 29.6 Å². The van der Waals surface area contributed by atoms with Gasteiger partial charge in [0.05, 0.1) is 0 Å². The van der Waals surface area contributed by atoms with Crippen LogP contribution in [0.1, 0.15) is 32.6 Å². The van der Waals surface area contributed by atoms with Gasteiger partial charge in [0.2, 0.25) is 5.91 Å². The Hall–Kier alpha value is -1.39. The van der Waals surface area contributed by atoms with Crippen molar-refractivity contribution >= 4 is 33.0 Å². The average molecular weight is 290 g/mol. The van der Waals surface area contributed by atoms with Crippen molar-refractivity contribution < 1.29 is 4.79 Å². The molecular weight excluding hydrogens is 268 g/mol. The lowest BCUT2D eigenvalue weighted by molar-refractivity contribution is -0.116. The molecule has 0 aliphatic carbocycles. The second-order valence-electron chi connectivity index (χ2n) is 5.11. The summed E-state index contributed by atoms with van der Waals surface area (Å²) in [6.45, 7) is 2.86. The van der Waals surface area contributed by atoms with E-state index in [0.29, 0.717) is 18.9 Å². The number of fused-ring (bicyclic) bond motifs is 1. The van der Waals surface area contributed by atoms with Crippen LogP contribution in [0.2, 0.25) is 0 Å². The number of hydrogen-bond acceptors (Lipinski definition) is 3. The van der Waals surface area contributed by atoms with Crippen molar-refractivity contribution in [2.24, 2.45) is 11.7 Å². The Morgan fingerprint density at radius 1 is 1.35 bits per heavy atom. The molecule has 0 aliphatic rings. The standard InChI is InChI=1S/C16H22N2OS/c1-2-12(7-9-17)3-6-16(19)18-14-4-5-15-13(11-14)8-10-20-15/h4-5,8,10-12H,2-3,6-7,9,17H2,1H3,(H,18,19). The van der Waals surface area contributed by atoms with Crippen LogP contribution in [-0.2, 0) is 4.79 Å². The van der Waals surface area contributed by atoms with Crippen molar-refractivity contribution in [3.8, 4) is 0 Å². The van der Waals surface area contributed by atoms with Crippen LogP contribution < -0.4 is 11.1 Å². The SMILES string of the molecule is CCC(CCN)CCC(=O)Nc1ccc2sccc2c1. The van der Waals surface area contributed by atoms with Crippen LogP contribution in [0.3, 0.4) is 0 Å². The van der Waals surface area contributed by atoms with E-state index in [2.05, 4.69) is 29.8 Å². The van der Waals surface area contributed by atoms with Gasteiger partial charge in [-0.25, -0.2) is 0 Å². The molecule has 0 bridgehead atoms. The number of anilines is 1. The third-order valence-electron chi connectivity index (χ3n) is 3.67. The molecule has 1 aromatic carbocycles. The molecule has 0 spiro atoms. The Balaban J connectivity index is 1.87. The van der Waals surface area contributed by atoms with Gasteiger partial charge in [-0.2, -0.15) is 0 Å². The minimum absolute atomic E-state index is 0.0926. The van der Waals surface area contributed by atoms with E-state index in [0.717, 1.165) is 24.9 Å². The molecular formula is C16H22N2OS. The highest BCUT2D eigenvalue weighted by Gasteiger charge is 2.09. The first kappa shape index (κ1) is 15.0. The maximum Gasteiger partial charge on any atom is 0.224 e. The maximum absolute atomic E-state index is 12.0. The summed E-state index contributed by atoms with van der Waals surface area (Å²) in [5.74, 6) is 0.653. The first-order chi connectivity index (χ1) is 9.72. The highest BCUT2D eigenvalue weighted by molar-refractivity contribution is 7.17. The molecule has 20 heavy (non-hydrogen) atoms. The fraction of sp³-hybridized carbons (Fsp3) is 0.438. The van der Waals surface area contributed by atoms with Gasteiger partial charge in [-0.05, 0) is 60.3 Å². The van der Waals surface area contributed by atoms with Crippen LogP contribution in [0.4, 0.5) is 5.69 Å². The first-order valence-electron chi connectivity index (χ1n) is 7.20. The number of carbonyl (C=O) groups excluding carboxylic acids is 1. The van der Waals surface area contributed by atoms with Gasteiger partial charge in [0.25, 0.3) is 0 Å². The molecule has 3 nitrogen and oxygen atoms in total. The summed E-state index contributed by atoms with van der Waals surface area (Å²) >= 11 is 1.71. The maximum atomic E-state index is 12.0. The molecule has 4 heteroatoms. The zero-order chi connectivity index (χ0) is 14.4. The van der Waals surface area contributed by atoms with Crippen molar-refractivity contribution in [1.82, 2.24) is 0 Å². The first-order valence-corrected chi connectivity index (χ1v) is 8.08. The minimum Gasteiger partial charge on any atom is -0.330 e. The molecule has 1 aromatic heterocycles. The van der Waals surface area contributed by atoms with Gasteiger partial charge < -0.3 is 11.1 Å². The van der Waals surface area contributed by atoms with Crippen LogP contribution in [0.25, 0.3) is 10.1 Å². The second-order valence-corrected chi connectivity index (χ2v) is 6.06. The van der Waals surface area contributed by atoms with E-state index < -0.39 is 0 Å². The smallest absolute Gasteiger partial charge is 0.224 e. The highest BCUT2D eigenvalue weighted by atomic mass is 32.1. The molecule has 108 valence electrons. The molecule has 3 N–H and O–H groups in total. The van der Waals surface area contributed by atoms with Crippen LogP contribution in [0, 0.1) is 5.92 Å². The molecule has 0 saturated heterocycles. The van der Waals surface area contributed by atoms with Gasteiger partial charge >= 0.3 is 0 Å². The number of thiophene rings is 1. The molecule has 0 radical (unpaired) electrons. The van der Waals surface area contributed by atoms with Gasteiger partial charge in [0.15, 0.2) is 0 Å². The summed E-state index contributed by atoms with van der Waals surface area (Å²) in [6, 6.07) is 8.12. The van der Waals surface area contributed by atoms with E-state index in [1.807, 2.05) is 12.1 Å². The zero-order valence-corrected chi connectivity index (χ0v) is 12.7. The summed E-state index contributed by atoms with van der Waals surface area (Å²) in [5, 5.41) is 6.23. The van der Waals surface area contributed by atoms with Gasteiger partial charge in [-0.15, -0.1) is 11.3 Å². The number of amides is 1. The summed E-state index contributed by atoms with van der Waals surface area (Å²) in [4.78, 5) is 12.0. The van der Waals surface area contributed by atoms with Crippen molar-refractivity contribution in [3.05, 3.63) is 29.6 Å². The van der Waals surface area contributed by atoms with Crippen LogP contribution in [-0.4, -0.2) is 12.5 Å². The minimum atomic E-state index is 0.0926. The highest BCUT2D eigenvalue weighted by Crippen LogP contribution is 2.24. The number of rotatable bonds is 7. The number of nitrogens with two attached hydrogens (primary N) is 1. The Morgan fingerprint density at radius 2 is 2.20 bits per heavy atom. The molecule has 2 aromatic rings. The molecule has 1 unspecified atom stereocenters. The van der Waals surface area contributed by atoms with Gasteiger partial charge in [0.1, 0.15) is 0 Å². The van der Waals surface area contributed by atoms with Crippen LogP contribution in [0.5, 0.6) is 0 Å². The van der Waals surface area contributed by atoms with Crippen LogP contribution >= 0.6 is 11.3 Å². The molecule has 2 rings (SSSR count). The molecule has 0 fully saturated rings. The molecule has 1 atom stereocenters. The van der Waals surface area contributed by atoms with E-state index in [1.54, 1.807) is 11.3 Å². The Labute approximate surface area is 124 Å². The van der Waals surface area contributed by atoms with E-state index in [9.17, 15) is 4.79 Å². The van der Waals surface area contributed by atoms with E-state index in [4.69, 9.17) is 5.73 Å². The fourth-order valence-corrected chi connectivity index (χ4v) is 3.16. The third kappa shape index (κ3) is 4.05. The topological polar surface area (TPSA) is 55.1 Å². The normalized spacial score (nSPS) is 12.5. The van der Waals surface area contributed by atoms with Crippen molar-refractivity contribution in [2.75, 3.05) is 11.9 Å². The van der Waals surface area contributed by atoms with Crippen molar-refractivity contribution in [1.29, 1.82) is 0 Å². The predicted molar refractivity (Wildman–Crippen MR) is 87.1 cm³/mol. The summed E-state index contributed by atoms with van der Waals surface area (Å²) < 4.78 is 1.25. The summed E-state index contributed by atoms with van der Waals surface area (Å²) in [5.41, 5.74) is 6.46. The lowest BCUT2D eigenvalue weighted by atomic mass is 9.96. The van der Waals surface area contributed by atoms with Gasteiger partial charge in [-0.3, -0.25) is 4.79 Å². The van der Waals surface area contributed by atoms with E-state index >= 15 is 0 Å². The van der Waals surface area contributed by atoms with Crippen molar-refractivity contribution in [2.45, 2.75) is 32.6 Å². The number of carbonyl (C=O) groups is 1. The van der Waals surface area contributed by atoms with E-state index in [-0.39, 0.29) is 5.91 Å². The largest absolute Gasteiger partial charge is 0.330 e. The number of hydrogen-bond donors (Lipinski definition) is 2. The molecule has 1 heterocycles. The zero-order valence-electron chi connectivity index (χ0n) is 11.9. The molecule has 0 saturated carbocycles. The summed E-state index contributed by atoms with van der Waals surface area (Å²) in [6.07, 6.45) is 3.58. The third-order valence-corrected chi connectivity index (χ3v) is 4.57.